The predicted molar refractivity (Wildman–Crippen MR) is 111 cm³/mol. The number of thioether (sulfide) groups is 1. The summed E-state index contributed by atoms with van der Waals surface area (Å²) < 4.78 is 0. The molecule has 0 fully saturated rings. The van der Waals surface area contributed by atoms with E-state index in [1.54, 1.807) is 11.8 Å². The molecule has 1 atom stereocenters. The molecule has 0 saturated heterocycles. The molecule has 0 bridgehead atoms. The van der Waals surface area contributed by atoms with Crippen molar-refractivity contribution < 1.29 is 19.8 Å². The first-order chi connectivity index (χ1) is 13.1. The van der Waals surface area contributed by atoms with Gasteiger partial charge in [0.05, 0.1) is 16.9 Å². The summed E-state index contributed by atoms with van der Waals surface area (Å²) in [6, 6.07) is 9.84. The number of hydrogen-bond acceptors (Lipinski definition) is 4. The Labute approximate surface area is 172 Å². The number of nitriles is 1. The van der Waals surface area contributed by atoms with Crippen LogP contribution < -0.4 is 0 Å². The van der Waals surface area contributed by atoms with Crippen molar-refractivity contribution in [1.82, 2.24) is 0 Å². The van der Waals surface area contributed by atoms with Crippen LogP contribution in [0.1, 0.15) is 59.4 Å². The highest BCUT2D eigenvalue weighted by Crippen LogP contribution is 2.50. The molecule has 0 aliphatic carbocycles. The molecule has 154 valence electrons. The highest BCUT2D eigenvalue weighted by atomic mass is 32.2. The Kier molecular flexibility index (Phi) is 8.56. The molecule has 28 heavy (non-hydrogen) atoms. The molecule has 1 aromatic rings. The molecule has 1 aromatic carbocycles. The second kappa shape index (κ2) is 9.97. The van der Waals surface area contributed by atoms with Crippen molar-refractivity contribution in [2.24, 2.45) is 17.3 Å². The Hall–Kier alpha value is -2.00. The number of carbonyl (C=O) groups is 2. The van der Waals surface area contributed by atoms with Crippen LogP contribution in [0.3, 0.4) is 0 Å². The predicted octanol–water partition coefficient (Wildman–Crippen LogP) is 5.20. The van der Waals surface area contributed by atoms with Crippen LogP contribution in [0.5, 0.6) is 0 Å². The van der Waals surface area contributed by atoms with Gasteiger partial charge in [0.15, 0.2) is 0 Å². The normalized spacial score (nSPS) is 13.9. The molecule has 6 heteroatoms. The zero-order valence-corrected chi connectivity index (χ0v) is 18.2. The van der Waals surface area contributed by atoms with Gasteiger partial charge in [-0.25, -0.2) is 0 Å². The lowest BCUT2D eigenvalue weighted by Crippen LogP contribution is -2.47. The third-order valence-electron chi connectivity index (χ3n) is 5.74. The molecule has 0 aliphatic rings. The van der Waals surface area contributed by atoms with E-state index in [-0.39, 0.29) is 31.1 Å². The Morgan fingerprint density at radius 1 is 1.14 bits per heavy atom. The summed E-state index contributed by atoms with van der Waals surface area (Å²) in [6.07, 6.45) is -0.0328. The van der Waals surface area contributed by atoms with E-state index in [0.717, 1.165) is 16.2 Å². The van der Waals surface area contributed by atoms with Gasteiger partial charge in [-0.1, -0.05) is 52.8 Å². The molecule has 0 heterocycles. The van der Waals surface area contributed by atoms with Gasteiger partial charge in [-0.05, 0) is 42.1 Å². The number of aliphatic carboxylic acids is 2. The first-order valence-electron chi connectivity index (χ1n) is 9.66. The first kappa shape index (κ1) is 24.0. The fourth-order valence-corrected chi connectivity index (χ4v) is 4.99. The van der Waals surface area contributed by atoms with Crippen LogP contribution in [0.15, 0.2) is 29.2 Å². The third kappa shape index (κ3) is 4.88. The molecule has 0 aliphatic heterocycles. The smallest absolute Gasteiger partial charge is 0.310 e. The lowest BCUT2D eigenvalue weighted by atomic mass is 9.58. The van der Waals surface area contributed by atoms with Gasteiger partial charge in [-0.15, -0.1) is 11.8 Å². The van der Waals surface area contributed by atoms with Crippen LogP contribution in [0.4, 0.5) is 0 Å². The fraction of sp³-hybridized carbons (Fsp3) is 0.591. The summed E-state index contributed by atoms with van der Waals surface area (Å²) in [5.41, 5.74) is -1.60. The lowest BCUT2D eigenvalue weighted by Gasteiger charge is -2.43. The van der Waals surface area contributed by atoms with Crippen LogP contribution in [0.25, 0.3) is 0 Å². The van der Waals surface area contributed by atoms with Gasteiger partial charge in [-0.3, -0.25) is 9.59 Å². The van der Waals surface area contributed by atoms with Crippen LogP contribution >= 0.6 is 11.8 Å². The Morgan fingerprint density at radius 2 is 1.71 bits per heavy atom. The summed E-state index contributed by atoms with van der Waals surface area (Å²) >= 11 is 1.58. The van der Waals surface area contributed by atoms with E-state index in [1.807, 2.05) is 58.9 Å². The Bertz CT molecular complexity index is 730. The van der Waals surface area contributed by atoms with Crippen LogP contribution in [0.2, 0.25) is 0 Å². The van der Waals surface area contributed by atoms with Crippen LogP contribution in [-0.2, 0) is 15.0 Å². The maximum absolute atomic E-state index is 12.4. The van der Waals surface area contributed by atoms with Crippen molar-refractivity contribution in [2.75, 3.05) is 5.75 Å². The molecule has 1 unspecified atom stereocenters. The minimum atomic E-state index is -1.19. The number of rotatable bonds is 11. The number of carboxylic acid groups (broad SMARTS) is 2. The third-order valence-corrected chi connectivity index (χ3v) is 6.69. The topological polar surface area (TPSA) is 98.4 Å². The van der Waals surface area contributed by atoms with E-state index >= 15 is 0 Å². The minimum absolute atomic E-state index is 0.0780. The summed E-state index contributed by atoms with van der Waals surface area (Å²) in [5, 5.41) is 29.8. The Morgan fingerprint density at radius 3 is 2.14 bits per heavy atom. The van der Waals surface area contributed by atoms with Gasteiger partial charge >= 0.3 is 11.9 Å². The van der Waals surface area contributed by atoms with E-state index in [1.165, 1.54) is 0 Å². The summed E-state index contributed by atoms with van der Waals surface area (Å²) in [6.45, 7) is 9.46. The van der Waals surface area contributed by atoms with E-state index in [0.29, 0.717) is 0 Å². The largest absolute Gasteiger partial charge is 0.481 e. The molecule has 5 nitrogen and oxygen atoms in total. The van der Waals surface area contributed by atoms with Gasteiger partial charge < -0.3 is 10.2 Å². The van der Waals surface area contributed by atoms with Crippen molar-refractivity contribution in [3.63, 3.8) is 0 Å². The molecular formula is C22H31NO4S. The van der Waals surface area contributed by atoms with Crippen molar-refractivity contribution in [3.05, 3.63) is 29.8 Å². The average molecular weight is 406 g/mol. The zero-order valence-electron chi connectivity index (χ0n) is 17.4. The summed E-state index contributed by atoms with van der Waals surface area (Å²) in [7, 11) is 0. The molecule has 0 radical (unpaired) electrons. The number of carboxylic acids is 2. The van der Waals surface area contributed by atoms with E-state index in [2.05, 4.69) is 6.07 Å². The number of hydrogen-bond donors (Lipinski definition) is 2. The second-order valence-corrected chi connectivity index (χ2v) is 9.15. The molecule has 0 amide bonds. The number of nitrogens with zero attached hydrogens (tertiary/aromatic N) is 1. The van der Waals surface area contributed by atoms with Crippen LogP contribution in [0, 0.1) is 28.6 Å². The SMILES string of the molecule is CCSc1ccccc1C(C#N)(CCC(=O)O)CC(C(=O)O)(C(C)C)C(C)C. The lowest BCUT2D eigenvalue weighted by molar-refractivity contribution is -0.157. The zero-order chi connectivity index (χ0) is 21.5. The van der Waals surface area contributed by atoms with E-state index < -0.39 is 22.8 Å². The second-order valence-electron chi connectivity index (χ2n) is 7.85. The standard InChI is InChI=1S/C22H31NO4S/c1-6-28-18-10-8-7-9-17(18)21(14-23,12-11-19(24)25)13-22(15(2)3,16(4)5)20(26)27/h7-10,15-16H,6,11-13H2,1-5H3,(H,24,25)(H,26,27). The quantitative estimate of drug-likeness (QED) is 0.491. The van der Waals surface area contributed by atoms with Crippen molar-refractivity contribution >= 4 is 23.7 Å². The summed E-state index contributed by atoms with van der Waals surface area (Å²) in [4.78, 5) is 24.7. The van der Waals surface area contributed by atoms with Crippen molar-refractivity contribution in [2.45, 2.75) is 64.2 Å². The van der Waals surface area contributed by atoms with E-state index in [4.69, 9.17) is 0 Å². The molecular weight excluding hydrogens is 374 g/mol. The van der Waals surface area contributed by atoms with Gasteiger partial charge in [0, 0.05) is 11.3 Å². The highest BCUT2D eigenvalue weighted by molar-refractivity contribution is 7.99. The number of benzene rings is 1. The molecule has 1 rings (SSSR count). The average Bonchev–Trinajstić information content (AvgIpc) is 2.62. The maximum Gasteiger partial charge on any atom is 0.310 e. The van der Waals surface area contributed by atoms with Gasteiger partial charge in [0.25, 0.3) is 0 Å². The Balaban J connectivity index is 3.71. The molecule has 0 aromatic heterocycles. The van der Waals surface area contributed by atoms with Gasteiger partial charge in [0.2, 0.25) is 0 Å². The van der Waals surface area contributed by atoms with Gasteiger partial charge in [-0.2, -0.15) is 5.26 Å². The maximum atomic E-state index is 12.4. The molecule has 0 spiro atoms. The van der Waals surface area contributed by atoms with Crippen molar-refractivity contribution in [1.29, 1.82) is 5.26 Å². The minimum Gasteiger partial charge on any atom is -0.481 e. The summed E-state index contributed by atoms with van der Waals surface area (Å²) in [5.74, 6) is -1.55. The highest BCUT2D eigenvalue weighted by Gasteiger charge is 2.51. The molecule has 0 saturated carbocycles. The van der Waals surface area contributed by atoms with Crippen molar-refractivity contribution in [3.8, 4) is 6.07 Å². The fourth-order valence-electron chi connectivity index (χ4n) is 4.08. The van der Waals surface area contributed by atoms with Crippen LogP contribution in [-0.4, -0.2) is 27.9 Å². The van der Waals surface area contributed by atoms with E-state index in [9.17, 15) is 25.1 Å². The first-order valence-corrected chi connectivity index (χ1v) is 10.6. The monoisotopic (exact) mass is 405 g/mol. The van der Waals surface area contributed by atoms with Gasteiger partial charge in [0.1, 0.15) is 0 Å². The molecule has 2 N–H and O–H groups in total.